The van der Waals surface area contributed by atoms with Crippen LogP contribution in [0.15, 0.2) is 23.1 Å². The van der Waals surface area contributed by atoms with Gasteiger partial charge in [0.15, 0.2) is 5.65 Å². The van der Waals surface area contributed by atoms with Gasteiger partial charge in [-0.2, -0.15) is 0 Å². The zero-order valence-corrected chi connectivity index (χ0v) is 9.65. The third kappa shape index (κ3) is 2.10. The van der Waals surface area contributed by atoms with Crippen molar-refractivity contribution in [3.8, 4) is 0 Å². The highest BCUT2D eigenvalue weighted by Crippen LogP contribution is 2.14. The molecule has 0 saturated carbocycles. The van der Waals surface area contributed by atoms with E-state index in [0.717, 1.165) is 37.5 Å². The van der Waals surface area contributed by atoms with Gasteiger partial charge in [0.25, 0.3) is 5.56 Å². The largest absolute Gasteiger partial charge is 0.316 e. The van der Waals surface area contributed by atoms with Crippen molar-refractivity contribution in [1.82, 2.24) is 19.9 Å². The van der Waals surface area contributed by atoms with Crippen molar-refractivity contribution in [1.29, 1.82) is 0 Å². The second-order valence-corrected chi connectivity index (χ2v) is 4.64. The van der Waals surface area contributed by atoms with Crippen molar-refractivity contribution >= 4 is 5.65 Å². The van der Waals surface area contributed by atoms with Crippen molar-refractivity contribution in [3.05, 3.63) is 34.4 Å². The number of nitrogens with zero attached hydrogens (tertiary/aromatic N) is 2. The highest BCUT2D eigenvalue weighted by molar-refractivity contribution is 5.36. The van der Waals surface area contributed by atoms with Gasteiger partial charge in [0, 0.05) is 24.0 Å². The van der Waals surface area contributed by atoms with Crippen LogP contribution < -0.4 is 10.9 Å². The maximum Gasteiger partial charge on any atom is 0.272 e. The van der Waals surface area contributed by atoms with Gasteiger partial charge in [0.1, 0.15) is 0 Å². The van der Waals surface area contributed by atoms with Crippen LogP contribution in [0.4, 0.5) is 0 Å². The Hall–Kier alpha value is -1.62. The summed E-state index contributed by atoms with van der Waals surface area (Å²) in [4.78, 5) is 16.2. The van der Waals surface area contributed by atoms with Crippen LogP contribution in [0, 0.1) is 5.92 Å². The van der Waals surface area contributed by atoms with Crippen molar-refractivity contribution in [3.63, 3.8) is 0 Å². The number of nitrogens with one attached hydrogen (secondary N) is 2. The average molecular weight is 232 g/mol. The van der Waals surface area contributed by atoms with Crippen LogP contribution in [-0.4, -0.2) is 27.7 Å². The first kappa shape index (κ1) is 10.5. The second kappa shape index (κ2) is 4.33. The standard InChI is InChI=1S/C12H16N4O/c17-12-7-10(2-1-9-3-5-13-8-9)15-11-4-6-14-16(11)12/h4,6-7,9,13-14H,1-3,5,8H2. The molecule has 5 nitrogen and oxygen atoms in total. The third-order valence-corrected chi connectivity index (χ3v) is 3.40. The summed E-state index contributed by atoms with van der Waals surface area (Å²) in [6.45, 7) is 2.23. The minimum Gasteiger partial charge on any atom is -0.316 e. The molecule has 1 unspecified atom stereocenters. The SMILES string of the molecule is O=c1cc(CCC2CCNC2)nc2cc[nH]n12. The molecule has 1 fully saturated rings. The molecular weight excluding hydrogens is 216 g/mol. The van der Waals surface area contributed by atoms with Gasteiger partial charge in [-0.3, -0.25) is 9.89 Å². The zero-order valence-electron chi connectivity index (χ0n) is 9.65. The lowest BCUT2D eigenvalue weighted by Crippen LogP contribution is -2.16. The van der Waals surface area contributed by atoms with Gasteiger partial charge in [-0.15, -0.1) is 0 Å². The first-order valence-corrected chi connectivity index (χ1v) is 6.10. The molecule has 1 aliphatic rings. The van der Waals surface area contributed by atoms with Crippen LogP contribution >= 0.6 is 0 Å². The minimum atomic E-state index is -0.0282. The van der Waals surface area contributed by atoms with Crippen molar-refractivity contribution in [2.45, 2.75) is 19.3 Å². The normalized spacial score (nSPS) is 20.1. The molecular formula is C12H16N4O. The minimum absolute atomic E-state index is 0.0282. The lowest BCUT2D eigenvalue weighted by molar-refractivity contribution is 0.529. The van der Waals surface area contributed by atoms with Crippen LogP contribution in [0.2, 0.25) is 0 Å². The van der Waals surface area contributed by atoms with E-state index in [0.29, 0.717) is 5.65 Å². The Morgan fingerprint density at radius 3 is 3.29 bits per heavy atom. The number of H-pyrrole nitrogens is 1. The molecule has 0 aromatic carbocycles. The summed E-state index contributed by atoms with van der Waals surface area (Å²) < 4.78 is 1.46. The van der Waals surface area contributed by atoms with E-state index in [1.807, 2.05) is 6.07 Å². The molecule has 2 N–H and O–H groups in total. The number of aromatic nitrogens is 3. The molecule has 0 amide bonds. The number of hydrogen-bond acceptors (Lipinski definition) is 3. The van der Waals surface area contributed by atoms with E-state index in [1.54, 1.807) is 12.3 Å². The molecule has 3 heterocycles. The number of aromatic amines is 1. The van der Waals surface area contributed by atoms with Crippen LogP contribution in [0.3, 0.4) is 0 Å². The Balaban J connectivity index is 1.78. The fraction of sp³-hybridized carbons (Fsp3) is 0.500. The van der Waals surface area contributed by atoms with Gasteiger partial charge in [-0.1, -0.05) is 0 Å². The number of aryl methyl sites for hydroxylation is 1. The van der Waals surface area contributed by atoms with E-state index in [1.165, 1.54) is 10.9 Å². The molecule has 17 heavy (non-hydrogen) atoms. The van der Waals surface area contributed by atoms with E-state index in [2.05, 4.69) is 15.4 Å². The molecule has 5 heteroatoms. The van der Waals surface area contributed by atoms with Gasteiger partial charge in [-0.05, 0) is 38.3 Å². The smallest absolute Gasteiger partial charge is 0.272 e. The van der Waals surface area contributed by atoms with E-state index in [4.69, 9.17) is 0 Å². The maximum absolute atomic E-state index is 11.7. The number of fused-ring (bicyclic) bond motifs is 1. The van der Waals surface area contributed by atoms with Crippen molar-refractivity contribution in [2.75, 3.05) is 13.1 Å². The second-order valence-electron chi connectivity index (χ2n) is 4.64. The fourth-order valence-corrected chi connectivity index (χ4v) is 2.42. The molecule has 1 aliphatic heterocycles. The Morgan fingerprint density at radius 2 is 2.47 bits per heavy atom. The molecule has 0 bridgehead atoms. The molecule has 3 rings (SSSR count). The molecule has 2 aromatic rings. The van der Waals surface area contributed by atoms with Crippen LogP contribution in [0.5, 0.6) is 0 Å². The summed E-state index contributed by atoms with van der Waals surface area (Å²) in [6.07, 6.45) is 4.98. The molecule has 0 spiro atoms. The zero-order chi connectivity index (χ0) is 11.7. The molecule has 0 radical (unpaired) electrons. The van der Waals surface area contributed by atoms with Gasteiger partial charge in [0.2, 0.25) is 0 Å². The Morgan fingerprint density at radius 1 is 1.53 bits per heavy atom. The lowest BCUT2D eigenvalue weighted by Gasteiger charge is -2.07. The van der Waals surface area contributed by atoms with E-state index < -0.39 is 0 Å². The molecule has 1 atom stereocenters. The van der Waals surface area contributed by atoms with Crippen LogP contribution in [0.25, 0.3) is 5.65 Å². The predicted molar refractivity (Wildman–Crippen MR) is 65.1 cm³/mol. The van der Waals surface area contributed by atoms with Crippen molar-refractivity contribution < 1.29 is 0 Å². The highest BCUT2D eigenvalue weighted by Gasteiger charge is 2.14. The third-order valence-electron chi connectivity index (χ3n) is 3.40. The predicted octanol–water partition coefficient (Wildman–Crippen LogP) is 0.565. The quantitative estimate of drug-likeness (QED) is 0.813. The molecule has 2 aromatic heterocycles. The van der Waals surface area contributed by atoms with Gasteiger partial charge >= 0.3 is 0 Å². The van der Waals surface area contributed by atoms with E-state index >= 15 is 0 Å². The number of rotatable bonds is 3. The maximum atomic E-state index is 11.7. The summed E-state index contributed by atoms with van der Waals surface area (Å²) in [5.74, 6) is 0.737. The average Bonchev–Trinajstić information content (AvgIpc) is 2.97. The molecule has 1 saturated heterocycles. The Kier molecular flexibility index (Phi) is 2.68. The van der Waals surface area contributed by atoms with E-state index in [-0.39, 0.29) is 5.56 Å². The van der Waals surface area contributed by atoms with Gasteiger partial charge in [-0.25, -0.2) is 9.50 Å². The highest BCUT2D eigenvalue weighted by atomic mass is 16.1. The monoisotopic (exact) mass is 232 g/mol. The summed E-state index contributed by atoms with van der Waals surface area (Å²) in [5.41, 5.74) is 1.58. The lowest BCUT2D eigenvalue weighted by atomic mass is 10.0. The van der Waals surface area contributed by atoms with Gasteiger partial charge in [0.05, 0.1) is 0 Å². The summed E-state index contributed by atoms with van der Waals surface area (Å²) in [7, 11) is 0. The van der Waals surface area contributed by atoms with Crippen molar-refractivity contribution in [2.24, 2.45) is 5.92 Å². The summed E-state index contributed by atoms with van der Waals surface area (Å²) in [5, 5.41) is 6.20. The number of hydrogen-bond donors (Lipinski definition) is 2. The Bertz CT molecular complexity index is 565. The summed E-state index contributed by atoms with van der Waals surface area (Å²) >= 11 is 0. The molecule has 90 valence electrons. The van der Waals surface area contributed by atoms with Crippen LogP contribution in [-0.2, 0) is 6.42 Å². The fourth-order valence-electron chi connectivity index (χ4n) is 2.42. The molecule has 0 aliphatic carbocycles. The first-order valence-electron chi connectivity index (χ1n) is 6.10. The first-order chi connectivity index (χ1) is 8.33. The van der Waals surface area contributed by atoms with Gasteiger partial charge < -0.3 is 5.32 Å². The Labute approximate surface area is 98.9 Å². The summed E-state index contributed by atoms with van der Waals surface area (Å²) in [6, 6.07) is 3.45. The van der Waals surface area contributed by atoms with E-state index in [9.17, 15) is 4.79 Å². The topological polar surface area (TPSA) is 62.2 Å². The van der Waals surface area contributed by atoms with Crippen LogP contribution in [0.1, 0.15) is 18.5 Å².